The summed E-state index contributed by atoms with van der Waals surface area (Å²) in [7, 11) is 2.90. The van der Waals surface area contributed by atoms with Crippen molar-refractivity contribution >= 4 is 17.8 Å². The van der Waals surface area contributed by atoms with Crippen molar-refractivity contribution in [2.24, 2.45) is 0 Å². The summed E-state index contributed by atoms with van der Waals surface area (Å²) < 4.78 is 10.4. The third kappa shape index (κ3) is 4.75. The number of methoxy groups -OCH3 is 2. The van der Waals surface area contributed by atoms with Crippen LogP contribution in [0.1, 0.15) is 31.1 Å². The lowest BCUT2D eigenvalue weighted by Crippen LogP contribution is -2.35. The van der Waals surface area contributed by atoms with E-state index >= 15 is 0 Å². The van der Waals surface area contributed by atoms with Crippen LogP contribution < -0.4 is 20.1 Å². The van der Waals surface area contributed by atoms with Crippen molar-refractivity contribution in [1.82, 2.24) is 10.6 Å². The first-order valence-electron chi connectivity index (χ1n) is 8.09. The van der Waals surface area contributed by atoms with Gasteiger partial charge >= 0.3 is 5.97 Å². The first kappa shape index (κ1) is 19.8. The molecule has 0 unspecified atom stereocenters. The van der Waals surface area contributed by atoms with E-state index in [1.54, 1.807) is 30.3 Å². The van der Waals surface area contributed by atoms with Crippen LogP contribution in [0, 0.1) is 0 Å². The van der Waals surface area contributed by atoms with Crippen molar-refractivity contribution in [2.45, 2.75) is 0 Å². The largest absolute Gasteiger partial charge is 0.496 e. The zero-order valence-corrected chi connectivity index (χ0v) is 14.9. The molecule has 0 aromatic heterocycles. The minimum absolute atomic E-state index is 0.0581. The van der Waals surface area contributed by atoms with Gasteiger partial charge in [-0.2, -0.15) is 0 Å². The van der Waals surface area contributed by atoms with Gasteiger partial charge in [0.1, 0.15) is 17.1 Å². The highest BCUT2D eigenvalue weighted by Gasteiger charge is 2.18. The standard InChI is InChI=1S/C19H20N2O6/c1-26-14-8-5-9-15(27-2)16(14)18(23)21-11-10-20-17(22)12-6-3-4-7-13(12)19(24)25/h3-9H,10-11H2,1-2H3,(H,20,22)(H,21,23)(H,24,25). The second-order valence-corrected chi connectivity index (χ2v) is 5.40. The maximum Gasteiger partial charge on any atom is 0.336 e. The Morgan fingerprint density at radius 2 is 1.33 bits per heavy atom. The number of benzene rings is 2. The molecule has 8 heteroatoms. The van der Waals surface area contributed by atoms with E-state index in [4.69, 9.17) is 14.6 Å². The predicted molar refractivity (Wildman–Crippen MR) is 97.6 cm³/mol. The van der Waals surface area contributed by atoms with Gasteiger partial charge in [0.05, 0.1) is 25.3 Å². The van der Waals surface area contributed by atoms with Crippen LogP contribution in [0.4, 0.5) is 0 Å². The van der Waals surface area contributed by atoms with Crippen LogP contribution >= 0.6 is 0 Å². The van der Waals surface area contributed by atoms with Crippen LogP contribution in [0.5, 0.6) is 11.5 Å². The summed E-state index contributed by atoms with van der Waals surface area (Å²) in [5.41, 5.74) is 0.227. The third-order valence-electron chi connectivity index (χ3n) is 3.75. The van der Waals surface area contributed by atoms with Crippen molar-refractivity contribution in [3.63, 3.8) is 0 Å². The summed E-state index contributed by atoms with van der Waals surface area (Å²) in [6.07, 6.45) is 0. The summed E-state index contributed by atoms with van der Waals surface area (Å²) in [6.45, 7) is 0.261. The number of carbonyl (C=O) groups is 3. The fourth-order valence-electron chi connectivity index (χ4n) is 2.48. The first-order chi connectivity index (χ1) is 13.0. The Bertz CT molecular complexity index is 828. The van der Waals surface area contributed by atoms with Crippen LogP contribution in [-0.2, 0) is 0 Å². The number of hydrogen-bond acceptors (Lipinski definition) is 5. The molecule has 0 radical (unpaired) electrons. The maximum absolute atomic E-state index is 12.4. The molecular weight excluding hydrogens is 352 g/mol. The molecule has 0 bridgehead atoms. The second-order valence-electron chi connectivity index (χ2n) is 5.40. The molecule has 2 aromatic carbocycles. The summed E-state index contributed by atoms with van der Waals surface area (Å²) >= 11 is 0. The molecule has 3 N–H and O–H groups in total. The second kappa shape index (κ2) is 9.23. The first-order valence-corrected chi connectivity index (χ1v) is 8.09. The van der Waals surface area contributed by atoms with E-state index in [9.17, 15) is 14.4 Å². The van der Waals surface area contributed by atoms with Gasteiger partial charge in [-0.15, -0.1) is 0 Å². The minimum atomic E-state index is -1.18. The monoisotopic (exact) mass is 372 g/mol. The number of nitrogens with one attached hydrogen (secondary N) is 2. The number of rotatable bonds is 8. The van der Waals surface area contributed by atoms with Gasteiger partial charge in [0, 0.05) is 13.1 Å². The lowest BCUT2D eigenvalue weighted by Gasteiger charge is -2.13. The van der Waals surface area contributed by atoms with Gasteiger partial charge in [-0.1, -0.05) is 18.2 Å². The van der Waals surface area contributed by atoms with Crippen molar-refractivity contribution in [3.8, 4) is 11.5 Å². The molecule has 2 amide bonds. The van der Waals surface area contributed by atoms with E-state index in [1.165, 1.54) is 26.4 Å². The van der Waals surface area contributed by atoms with Crippen LogP contribution in [0.3, 0.4) is 0 Å². The van der Waals surface area contributed by atoms with Crippen molar-refractivity contribution in [2.75, 3.05) is 27.3 Å². The molecular formula is C19H20N2O6. The molecule has 0 spiro atoms. The number of carbonyl (C=O) groups excluding carboxylic acids is 2. The Kier molecular flexibility index (Phi) is 6.76. The molecule has 0 saturated carbocycles. The van der Waals surface area contributed by atoms with E-state index in [1.807, 2.05) is 0 Å². The summed E-state index contributed by atoms with van der Waals surface area (Å²) in [5, 5.41) is 14.4. The highest BCUT2D eigenvalue weighted by molar-refractivity contribution is 6.04. The zero-order chi connectivity index (χ0) is 19.8. The molecule has 2 aromatic rings. The molecule has 27 heavy (non-hydrogen) atoms. The van der Waals surface area contributed by atoms with Crippen LogP contribution in [0.2, 0.25) is 0 Å². The number of ether oxygens (including phenoxy) is 2. The Morgan fingerprint density at radius 3 is 1.85 bits per heavy atom. The van der Waals surface area contributed by atoms with Gasteiger partial charge in [0.25, 0.3) is 11.8 Å². The molecule has 0 fully saturated rings. The third-order valence-corrected chi connectivity index (χ3v) is 3.75. The average Bonchev–Trinajstić information content (AvgIpc) is 2.69. The normalized spacial score (nSPS) is 10.0. The highest BCUT2D eigenvalue weighted by Crippen LogP contribution is 2.27. The lowest BCUT2D eigenvalue weighted by atomic mass is 10.1. The van der Waals surface area contributed by atoms with Crippen molar-refractivity contribution in [1.29, 1.82) is 0 Å². The van der Waals surface area contributed by atoms with Gasteiger partial charge < -0.3 is 25.2 Å². The maximum atomic E-state index is 12.4. The van der Waals surface area contributed by atoms with Gasteiger partial charge in [0.2, 0.25) is 0 Å². The molecule has 0 aliphatic rings. The molecule has 142 valence electrons. The molecule has 2 rings (SSSR count). The van der Waals surface area contributed by atoms with Gasteiger partial charge in [0.15, 0.2) is 0 Å². The SMILES string of the molecule is COc1cccc(OC)c1C(=O)NCCNC(=O)c1ccccc1C(=O)O. The fourth-order valence-corrected chi connectivity index (χ4v) is 2.48. The van der Waals surface area contributed by atoms with E-state index in [-0.39, 0.29) is 29.8 Å². The molecule has 0 saturated heterocycles. The summed E-state index contributed by atoms with van der Waals surface area (Å²) in [4.78, 5) is 35.7. The van der Waals surface area contributed by atoms with Gasteiger partial charge in [-0.3, -0.25) is 9.59 Å². The molecule has 0 aliphatic carbocycles. The highest BCUT2D eigenvalue weighted by atomic mass is 16.5. The average molecular weight is 372 g/mol. The quantitative estimate of drug-likeness (QED) is 0.606. The van der Waals surface area contributed by atoms with E-state index in [0.717, 1.165) is 0 Å². The molecule has 8 nitrogen and oxygen atoms in total. The van der Waals surface area contributed by atoms with Crippen LogP contribution in [0.15, 0.2) is 42.5 Å². The summed E-state index contributed by atoms with van der Waals surface area (Å²) in [5.74, 6) is -1.39. The number of aromatic carboxylic acids is 1. The van der Waals surface area contributed by atoms with Crippen molar-refractivity contribution in [3.05, 3.63) is 59.2 Å². The topological polar surface area (TPSA) is 114 Å². The number of carboxylic acid groups (broad SMARTS) is 1. The van der Waals surface area contributed by atoms with Gasteiger partial charge in [-0.25, -0.2) is 4.79 Å². The Morgan fingerprint density at radius 1 is 0.815 bits per heavy atom. The molecule has 0 atom stereocenters. The van der Waals surface area contributed by atoms with Crippen LogP contribution in [0.25, 0.3) is 0 Å². The number of carboxylic acids is 1. The predicted octanol–water partition coefficient (Wildman–Crippen LogP) is 1.56. The van der Waals surface area contributed by atoms with E-state index in [2.05, 4.69) is 10.6 Å². The minimum Gasteiger partial charge on any atom is -0.496 e. The zero-order valence-electron chi connectivity index (χ0n) is 14.9. The van der Waals surface area contributed by atoms with Crippen molar-refractivity contribution < 1.29 is 29.0 Å². The molecule has 0 heterocycles. The Labute approximate surface area is 156 Å². The summed E-state index contributed by atoms with van der Waals surface area (Å²) in [6, 6.07) is 10.9. The Balaban J connectivity index is 1.95. The van der Waals surface area contributed by atoms with Gasteiger partial charge in [-0.05, 0) is 24.3 Å². The molecule has 0 aliphatic heterocycles. The van der Waals surface area contributed by atoms with E-state index in [0.29, 0.717) is 11.5 Å². The Hall–Kier alpha value is -3.55. The van der Waals surface area contributed by atoms with E-state index < -0.39 is 17.8 Å². The number of hydrogen-bond donors (Lipinski definition) is 3. The fraction of sp³-hybridized carbons (Fsp3) is 0.211. The smallest absolute Gasteiger partial charge is 0.336 e. The van der Waals surface area contributed by atoms with Crippen LogP contribution in [-0.4, -0.2) is 50.2 Å². The number of amides is 2. The lowest BCUT2D eigenvalue weighted by molar-refractivity contribution is 0.0691.